The number of aryl methyl sites for hydroxylation is 2. The van der Waals surface area contributed by atoms with Gasteiger partial charge in [-0.2, -0.15) is 38.5 Å². The Kier molecular flexibility index (Phi) is 21.8. The van der Waals surface area contributed by atoms with Gasteiger partial charge in [0.1, 0.15) is 29.1 Å². The lowest BCUT2D eigenvalue weighted by Crippen LogP contribution is -2.19. The molecule has 0 bridgehead atoms. The maximum absolute atomic E-state index is 14.2. The molecule has 4 aliphatic heterocycles. The summed E-state index contributed by atoms with van der Waals surface area (Å²) in [5, 5.41) is 42.2. The van der Waals surface area contributed by atoms with Gasteiger partial charge in [0.2, 0.25) is 23.6 Å². The number of fused-ring (bicyclic) bond motifs is 4. The Labute approximate surface area is 692 Å². The summed E-state index contributed by atoms with van der Waals surface area (Å²) >= 11 is 12.5. The van der Waals surface area contributed by atoms with Gasteiger partial charge >= 0.3 is 0 Å². The predicted octanol–water partition coefficient (Wildman–Crippen LogP) is 11.9. The molecular weight excluding hydrogens is 1580 g/mol. The maximum Gasteiger partial charge on any atom is 0.254 e. The van der Waals surface area contributed by atoms with Gasteiger partial charge in [0.05, 0.1) is 73.2 Å². The van der Waals surface area contributed by atoms with Crippen LogP contribution in [0.3, 0.4) is 0 Å². The number of anilines is 4. The number of imide groups is 4. The van der Waals surface area contributed by atoms with Gasteiger partial charge in [0, 0.05) is 129 Å². The number of amides is 8. The predicted molar refractivity (Wildman–Crippen MR) is 443 cm³/mol. The molecule has 4 saturated carbocycles. The SMILES string of the molecule is Cc1c(F)cccc1Cc1cc(NC2CC2)n2ncc(/C=C3\CC(=O)NC3=O)c2n1.Cc1ccc(Cc2cc(NC3CC3)n3ncc(/C=C4\CC(=O)NC4=O)c3n2)cc1Cl.Cc1ccc(Cl)cc1Cc1cc(NC2CC2)n2ncc(/C=C3\CC(=O)NC3=O)c2n1.O=C1C/C(=C\c2cnn3c(NC4CC4)cc(Cc4cccc(F)c4F)nc23)C(=O)N1. The molecule has 0 spiro atoms. The van der Waals surface area contributed by atoms with Crippen LogP contribution in [0.4, 0.5) is 36.4 Å². The fraction of sp³-hybridized carbons (Fsp3) is 0.264. The number of hydrogen-bond donors (Lipinski definition) is 8. The standard InChI is InChI=1S/2C22H20ClN5O2.C22H20FN5O2.C21H17F2N5O2/c1-12-2-3-16(23)7-13(12)8-18-10-19(25-17-4-5-17)28-21(26-18)15(11-24-28)6-14-9-20(29)27-22(14)30;1-12-2-3-13(7-18(12)23)6-17-10-19(25-16-4-5-16)28-21(26-17)15(11-24-28)8-14-9-20(29)27-22(14)30;1-12-13(3-2-4-18(12)23)8-17-10-19(25-16-5-6-16)28-21(26-17)15(11-24-28)7-14-9-20(29)27-22(14)30;22-16-3-1-2-11(19(16)23)7-15-9-17(25-14-4-5-14)28-20(26-15)13(10-24-28)6-12-8-18(29)27-21(12)30/h2-3,6-7,10-11,17,25H,4-5,8-9H2,1H3,(H,27,29,30);2-3,7-8,10-11,16,25H,4-6,9H2,1H3,(H,27,29,30);2-4,7,10-11,16,25H,5-6,8-9H2,1H3,(H,27,29,30);1-3,6,9-10,14,25H,4-5,7-8H2,(H,27,29,30)/b14-6+;14-8+;14-7+;12-6+. The van der Waals surface area contributed by atoms with E-state index in [-0.39, 0.29) is 84.8 Å². The number of hydrogen-bond acceptors (Lipinski definition) is 20. The molecule has 8 fully saturated rings. The van der Waals surface area contributed by atoms with Crippen LogP contribution in [0.25, 0.3) is 46.9 Å². The summed E-state index contributed by atoms with van der Waals surface area (Å²) in [6, 6.07) is 30.3. The molecule has 0 unspecified atom stereocenters. The van der Waals surface area contributed by atoms with Gasteiger partial charge in [-0.1, -0.05) is 65.7 Å². The highest BCUT2D eigenvalue weighted by molar-refractivity contribution is 6.31. The third-order valence-corrected chi connectivity index (χ3v) is 21.9. The van der Waals surface area contributed by atoms with Crippen molar-refractivity contribution >= 4 is 141 Å². The number of rotatable bonds is 20. The number of nitrogens with one attached hydrogen (secondary N) is 8. The second-order valence-electron chi connectivity index (χ2n) is 31.0. The third-order valence-electron chi connectivity index (χ3n) is 21.3. The maximum atomic E-state index is 14.2. The van der Waals surface area contributed by atoms with Crippen molar-refractivity contribution in [1.82, 2.24) is 79.7 Å². The van der Waals surface area contributed by atoms with Gasteiger partial charge in [-0.15, -0.1) is 0 Å². The number of benzene rings is 4. The van der Waals surface area contributed by atoms with Crippen LogP contribution in [0, 0.1) is 38.2 Å². The zero-order chi connectivity index (χ0) is 83.3. The molecule has 0 atom stereocenters. The van der Waals surface area contributed by atoms with Gasteiger partial charge in [-0.3, -0.25) is 59.6 Å². The molecular formula is C87H77Cl2F3N20O8. The highest BCUT2D eigenvalue weighted by Crippen LogP contribution is 2.35. The van der Waals surface area contributed by atoms with Crippen molar-refractivity contribution in [2.24, 2.45) is 0 Å². The number of aromatic nitrogens is 12. The Hall–Kier alpha value is -13.6. The first-order valence-electron chi connectivity index (χ1n) is 39.3. The summed E-state index contributed by atoms with van der Waals surface area (Å²) in [6.07, 6.45) is 24.0. The molecule has 12 heterocycles. The van der Waals surface area contributed by atoms with Gasteiger partial charge in [-0.25, -0.2) is 33.1 Å². The largest absolute Gasteiger partial charge is 0.367 e. The smallest absolute Gasteiger partial charge is 0.254 e. The Bertz CT molecular complexity index is 6060. The summed E-state index contributed by atoms with van der Waals surface area (Å²) in [5.41, 5.74) is 15.6. The quantitative estimate of drug-likeness (QED) is 0.0259. The van der Waals surface area contributed by atoms with Crippen LogP contribution in [0.15, 0.2) is 144 Å². The molecule has 8 N–H and O–H groups in total. The Morgan fingerprint density at radius 3 is 1.07 bits per heavy atom. The van der Waals surface area contributed by atoms with Crippen LogP contribution in [-0.2, 0) is 64.0 Å². The average molecular weight is 1660 g/mol. The summed E-state index contributed by atoms with van der Waals surface area (Å²) in [6.45, 7) is 5.79. The van der Waals surface area contributed by atoms with Gasteiger partial charge in [0.15, 0.2) is 34.2 Å². The van der Waals surface area contributed by atoms with Gasteiger partial charge < -0.3 is 21.3 Å². The molecule has 4 aromatic carbocycles. The lowest BCUT2D eigenvalue weighted by molar-refractivity contribution is -0.125. The zero-order valence-corrected chi connectivity index (χ0v) is 66.5. The molecule has 608 valence electrons. The van der Waals surface area contributed by atoms with Gasteiger partial charge in [0.25, 0.3) is 23.6 Å². The normalized spacial score (nSPS) is 17.7. The highest BCUT2D eigenvalue weighted by Gasteiger charge is 2.32. The van der Waals surface area contributed by atoms with E-state index in [9.17, 15) is 51.5 Å². The summed E-state index contributed by atoms with van der Waals surface area (Å²) in [7, 11) is 0. The van der Waals surface area contributed by atoms with Crippen molar-refractivity contribution in [3.8, 4) is 0 Å². The fourth-order valence-corrected chi connectivity index (χ4v) is 14.6. The van der Waals surface area contributed by atoms with E-state index < -0.39 is 17.5 Å². The van der Waals surface area contributed by atoms with Crippen molar-refractivity contribution in [2.75, 3.05) is 21.3 Å². The van der Waals surface area contributed by atoms with Gasteiger partial charge in [-0.05, 0) is 166 Å². The molecule has 4 aliphatic carbocycles. The van der Waals surface area contributed by atoms with E-state index in [1.807, 2.05) is 61.5 Å². The Balaban J connectivity index is 0.000000114. The van der Waals surface area contributed by atoms with E-state index in [1.54, 1.807) is 86.2 Å². The first-order valence-corrected chi connectivity index (χ1v) is 40.1. The molecule has 33 heteroatoms. The molecule has 120 heavy (non-hydrogen) atoms. The Morgan fingerprint density at radius 2 is 0.725 bits per heavy atom. The number of halogens is 5. The molecule has 20 rings (SSSR count). The molecule has 8 aromatic heterocycles. The van der Waals surface area contributed by atoms with E-state index >= 15 is 0 Å². The van der Waals surface area contributed by atoms with Crippen LogP contribution in [-0.4, -0.2) is 130 Å². The minimum absolute atomic E-state index is 0.00243. The van der Waals surface area contributed by atoms with Crippen LogP contribution in [0.1, 0.15) is 161 Å². The van der Waals surface area contributed by atoms with Crippen LogP contribution >= 0.6 is 23.2 Å². The second kappa shape index (κ2) is 33.1. The minimum atomic E-state index is -0.906. The molecule has 28 nitrogen and oxygen atoms in total. The van der Waals surface area contributed by atoms with Crippen molar-refractivity contribution in [2.45, 2.75) is 148 Å². The molecule has 4 saturated heterocycles. The molecule has 8 amide bonds. The van der Waals surface area contributed by atoms with Crippen molar-refractivity contribution in [3.05, 3.63) is 256 Å². The van der Waals surface area contributed by atoms with Crippen molar-refractivity contribution in [3.63, 3.8) is 0 Å². The monoisotopic (exact) mass is 1660 g/mol. The van der Waals surface area contributed by atoms with Crippen LogP contribution < -0.4 is 42.5 Å². The number of carbonyl (C=O) groups excluding carboxylic acids is 8. The number of nitrogens with zero attached hydrogens (tertiary/aromatic N) is 12. The topological polar surface area (TPSA) is 354 Å². The number of carbonyl (C=O) groups is 8. The van der Waals surface area contributed by atoms with E-state index in [0.29, 0.717) is 133 Å². The molecule has 8 aliphatic rings. The molecule has 0 radical (unpaired) electrons. The first-order chi connectivity index (χ1) is 57.9. The van der Waals surface area contributed by atoms with Crippen LogP contribution in [0.5, 0.6) is 0 Å². The highest BCUT2D eigenvalue weighted by atomic mass is 35.5. The summed E-state index contributed by atoms with van der Waals surface area (Å²) in [4.78, 5) is 113. The van der Waals surface area contributed by atoms with E-state index in [4.69, 9.17) is 38.2 Å². The second-order valence-corrected chi connectivity index (χ2v) is 31.9. The van der Waals surface area contributed by atoms with E-state index in [0.717, 1.165) is 125 Å². The van der Waals surface area contributed by atoms with Crippen molar-refractivity contribution in [1.29, 1.82) is 0 Å². The van der Waals surface area contributed by atoms with Crippen LogP contribution in [0.2, 0.25) is 10.0 Å². The average Bonchev–Trinajstić information content (AvgIpc) is 1.63. The fourth-order valence-electron chi connectivity index (χ4n) is 14.2. The lowest BCUT2D eigenvalue weighted by atomic mass is 10.0. The molecule has 12 aromatic rings. The van der Waals surface area contributed by atoms with E-state index in [2.05, 4.69) is 80.9 Å². The van der Waals surface area contributed by atoms with Crippen molar-refractivity contribution < 1.29 is 51.5 Å². The van der Waals surface area contributed by atoms with E-state index in [1.165, 1.54) is 18.2 Å². The lowest BCUT2D eigenvalue weighted by Gasteiger charge is -2.11. The third kappa shape index (κ3) is 18.1. The Morgan fingerprint density at radius 1 is 0.392 bits per heavy atom. The zero-order valence-electron chi connectivity index (χ0n) is 65.0. The summed E-state index contributed by atoms with van der Waals surface area (Å²) in [5.74, 6) is -1.59. The summed E-state index contributed by atoms with van der Waals surface area (Å²) < 4.78 is 48.6. The first kappa shape index (κ1) is 78.9. The minimum Gasteiger partial charge on any atom is -0.367 e.